The maximum absolute atomic E-state index is 13.3. The first kappa shape index (κ1) is 55.2. The number of methoxy groups -OCH3 is 4. The third kappa shape index (κ3) is 14.7. The van der Waals surface area contributed by atoms with E-state index in [0.29, 0.717) is 18.8 Å². The third-order valence-corrected chi connectivity index (χ3v) is 9.96. The van der Waals surface area contributed by atoms with Crippen molar-refractivity contribution < 1.29 is 117 Å². The minimum atomic E-state index is -2.08. The van der Waals surface area contributed by atoms with E-state index >= 15 is 0 Å². The van der Waals surface area contributed by atoms with E-state index in [2.05, 4.69) is 15.7 Å². The van der Waals surface area contributed by atoms with E-state index in [0.717, 1.165) is 14.2 Å². The molecule has 0 aromatic heterocycles. The highest BCUT2D eigenvalue weighted by Crippen LogP contribution is 2.31. The minimum absolute atomic E-state index is 0.106. The Morgan fingerprint density at radius 2 is 1.28 bits per heavy atom. The molecule has 0 aliphatic carbocycles. The molecule has 0 aromatic rings. The van der Waals surface area contributed by atoms with Gasteiger partial charge >= 0.3 is 5.97 Å². The van der Waals surface area contributed by atoms with Crippen molar-refractivity contribution in [1.82, 2.24) is 26.9 Å². The van der Waals surface area contributed by atoms with E-state index in [1.165, 1.54) is 14.2 Å². The lowest BCUT2D eigenvalue weighted by molar-refractivity contribution is -0.338. The number of hydrazine groups is 1. The molecule has 0 bridgehead atoms. The Balaban J connectivity index is 1.73. The van der Waals surface area contributed by atoms with Crippen molar-refractivity contribution in [3.8, 4) is 0 Å². The van der Waals surface area contributed by atoms with Crippen LogP contribution < -0.4 is 26.9 Å². The predicted molar refractivity (Wildman–Crippen MR) is 205 cm³/mol. The second kappa shape index (κ2) is 27.5. The summed E-state index contributed by atoms with van der Waals surface area (Å²) in [7, 11) is 4.49. The summed E-state index contributed by atoms with van der Waals surface area (Å²) in [6, 6.07) is -2.33. The molecule has 65 heavy (non-hydrogen) atoms. The summed E-state index contributed by atoms with van der Waals surface area (Å²) >= 11 is 0. The number of ether oxygens (including phenoxy) is 10. The van der Waals surface area contributed by atoms with Crippen LogP contribution in [-0.4, -0.2) is 250 Å². The standard InChI is InChI=1S/C35H56N6O24/c1-56-16(13-46)26(32(54)55)62-19(63-27-20(36-5-7-42)33(58-3)60-14(11-44)22(27)49)10-38-39-17(47)9-18(48)40-41-31(53)30-29(57-2)24(51)25(52)35(65-30)64-28-21(37-6-8-43)34(59-4)61-15(12-45)23(28)50/h7-8,10,13-16,19-30,33-37,44-45,49-52H,5-6,9,11-12H2,1-4H3,(H,39,47)(H,40,48)(H,41,53)(H,54,55)/b38-10+. The molecule has 3 fully saturated rings. The summed E-state index contributed by atoms with van der Waals surface area (Å²) in [5, 5.41) is 82.0. The van der Waals surface area contributed by atoms with Gasteiger partial charge in [-0.1, -0.05) is 0 Å². The Morgan fingerprint density at radius 1 is 0.708 bits per heavy atom. The number of carbonyl (C=O) groups excluding carboxylic acids is 6. The summed E-state index contributed by atoms with van der Waals surface area (Å²) in [6.45, 7) is -2.10. The Hall–Kier alpha value is -4.16. The first-order valence-corrected chi connectivity index (χ1v) is 19.5. The van der Waals surface area contributed by atoms with Gasteiger partial charge in [-0.2, -0.15) is 5.10 Å². The van der Waals surface area contributed by atoms with Crippen LogP contribution in [0, 0.1) is 0 Å². The Morgan fingerprint density at radius 3 is 1.77 bits per heavy atom. The topological polar surface area (TPSA) is 426 Å². The van der Waals surface area contributed by atoms with Gasteiger partial charge in [-0.15, -0.1) is 0 Å². The molecule has 3 heterocycles. The summed E-state index contributed by atoms with van der Waals surface area (Å²) in [6.07, 6.45) is -25.8. The highest BCUT2D eigenvalue weighted by molar-refractivity contribution is 5.97. The number of nitrogens with one attached hydrogen (secondary N) is 5. The van der Waals surface area contributed by atoms with E-state index in [9.17, 15) is 69.3 Å². The zero-order chi connectivity index (χ0) is 48.4. The predicted octanol–water partition coefficient (Wildman–Crippen LogP) is -9.37. The second-order valence-electron chi connectivity index (χ2n) is 14.0. The SMILES string of the molecule is COC(C=O)C(OC(/C=N/NC(=O)CC(=O)NNC(=O)C1OC(OC2C(O)C(CO)OC(OC)C2NCC=O)C(O)C(O)C1OC)OC1C(O)C(CO)OC(OC)C1NCC=O)C(=O)O. The quantitative estimate of drug-likeness (QED) is 0.0126. The van der Waals surface area contributed by atoms with Crippen LogP contribution in [0.5, 0.6) is 0 Å². The lowest BCUT2D eigenvalue weighted by Gasteiger charge is -2.47. The summed E-state index contributed by atoms with van der Waals surface area (Å²) in [5.41, 5.74) is 5.82. The number of hydrazone groups is 1. The Kier molecular flexibility index (Phi) is 23.3. The number of nitrogens with zero attached hydrogens (tertiary/aromatic N) is 1. The van der Waals surface area contributed by atoms with Gasteiger partial charge in [-0.3, -0.25) is 25.2 Å². The zero-order valence-corrected chi connectivity index (χ0v) is 35.3. The van der Waals surface area contributed by atoms with E-state index in [-0.39, 0.29) is 19.4 Å². The maximum atomic E-state index is 13.3. The number of aliphatic hydroxyl groups excluding tert-OH is 6. The van der Waals surface area contributed by atoms with Crippen molar-refractivity contribution in [3.05, 3.63) is 0 Å². The number of carbonyl (C=O) groups is 7. The fourth-order valence-corrected chi connectivity index (χ4v) is 6.77. The number of carboxylic acids is 1. The zero-order valence-electron chi connectivity index (χ0n) is 35.3. The maximum Gasteiger partial charge on any atom is 0.336 e. The molecule has 370 valence electrons. The number of rotatable bonds is 26. The third-order valence-electron chi connectivity index (χ3n) is 9.96. The monoisotopic (exact) mass is 944 g/mol. The molecular formula is C35H56N6O24. The van der Waals surface area contributed by atoms with Gasteiger partial charge in [0.15, 0.2) is 43.7 Å². The fraction of sp³-hybridized carbons (Fsp3) is 0.771. The molecule has 12 N–H and O–H groups in total. The van der Waals surface area contributed by atoms with Crippen LogP contribution in [0.15, 0.2) is 5.10 Å². The molecule has 0 radical (unpaired) electrons. The average Bonchev–Trinajstić information content (AvgIpc) is 3.29. The van der Waals surface area contributed by atoms with Gasteiger partial charge in [-0.25, -0.2) is 10.2 Å². The molecule has 3 aliphatic rings. The second-order valence-corrected chi connectivity index (χ2v) is 14.0. The van der Waals surface area contributed by atoms with Gasteiger partial charge in [0.25, 0.3) is 5.91 Å². The Labute approximate surface area is 369 Å². The first-order chi connectivity index (χ1) is 31.1. The van der Waals surface area contributed by atoms with Gasteiger partial charge in [-0.05, 0) is 0 Å². The molecule has 0 spiro atoms. The minimum Gasteiger partial charge on any atom is -0.479 e. The molecule has 30 heteroatoms. The molecule has 3 rings (SSSR count). The molecule has 18 atom stereocenters. The fourth-order valence-electron chi connectivity index (χ4n) is 6.77. The average molecular weight is 945 g/mol. The Bertz CT molecular complexity index is 1590. The highest BCUT2D eigenvalue weighted by atomic mass is 16.7. The van der Waals surface area contributed by atoms with E-state index in [1.807, 2.05) is 16.3 Å². The van der Waals surface area contributed by atoms with Crippen molar-refractivity contribution in [2.45, 2.75) is 117 Å². The van der Waals surface area contributed by atoms with Gasteiger partial charge in [0, 0.05) is 28.4 Å². The molecule has 0 aromatic carbocycles. The number of aldehydes is 3. The van der Waals surface area contributed by atoms with E-state index in [4.69, 9.17) is 47.4 Å². The number of hydrogen-bond acceptors (Lipinski definition) is 26. The van der Waals surface area contributed by atoms with Crippen molar-refractivity contribution in [1.29, 1.82) is 0 Å². The number of aliphatic hydroxyl groups is 6. The van der Waals surface area contributed by atoms with Crippen molar-refractivity contribution in [2.24, 2.45) is 5.10 Å². The number of hydrogen-bond donors (Lipinski definition) is 12. The van der Waals surface area contributed by atoms with Crippen LogP contribution in [0.3, 0.4) is 0 Å². The molecular weight excluding hydrogens is 888 g/mol. The highest BCUT2D eigenvalue weighted by Gasteiger charge is 2.53. The van der Waals surface area contributed by atoms with Gasteiger partial charge in [0.1, 0.15) is 80.0 Å². The molecule has 0 saturated carbocycles. The smallest absolute Gasteiger partial charge is 0.336 e. The largest absolute Gasteiger partial charge is 0.479 e. The molecule has 18 unspecified atom stereocenters. The summed E-state index contributed by atoms with van der Waals surface area (Å²) in [5.74, 6) is -5.28. The van der Waals surface area contributed by atoms with Gasteiger partial charge in [0.2, 0.25) is 11.8 Å². The molecule has 3 saturated heterocycles. The molecule has 3 amide bonds. The van der Waals surface area contributed by atoms with Crippen LogP contribution in [-0.2, 0) is 80.9 Å². The molecule has 3 aliphatic heterocycles. The van der Waals surface area contributed by atoms with Crippen LogP contribution in [0.1, 0.15) is 6.42 Å². The van der Waals surface area contributed by atoms with Crippen LogP contribution in [0.25, 0.3) is 0 Å². The number of aliphatic carboxylic acids is 1. The van der Waals surface area contributed by atoms with Crippen LogP contribution in [0.4, 0.5) is 0 Å². The lowest BCUT2D eigenvalue weighted by atomic mass is 9.95. The van der Waals surface area contributed by atoms with Gasteiger partial charge < -0.3 is 108 Å². The van der Waals surface area contributed by atoms with Gasteiger partial charge in [0.05, 0.1) is 44.6 Å². The van der Waals surface area contributed by atoms with E-state index < -0.39 is 154 Å². The molecule has 30 nitrogen and oxygen atoms in total. The van der Waals surface area contributed by atoms with Crippen molar-refractivity contribution >= 4 is 48.8 Å². The van der Waals surface area contributed by atoms with Crippen molar-refractivity contribution in [3.63, 3.8) is 0 Å². The summed E-state index contributed by atoms with van der Waals surface area (Å²) in [4.78, 5) is 84.7. The summed E-state index contributed by atoms with van der Waals surface area (Å²) < 4.78 is 54.2. The normalized spacial score (nSPS) is 34.2. The van der Waals surface area contributed by atoms with Crippen LogP contribution in [0.2, 0.25) is 0 Å². The van der Waals surface area contributed by atoms with Crippen molar-refractivity contribution in [2.75, 3.05) is 54.7 Å². The van der Waals surface area contributed by atoms with Crippen LogP contribution >= 0.6 is 0 Å². The number of amides is 3. The first-order valence-electron chi connectivity index (χ1n) is 19.5. The number of carboxylic acid groups (broad SMARTS) is 1. The lowest BCUT2D eigenvalue weighted by Crippen LogP contribution is -2.68. The van der Waals surface area contributed by atoms with E-state index in [1.54, 1.807) is 0 Å².